The first kappa shape index (κ1) is 23.0. The Morgan fingerprint density at radius 1 is 1.00 bits per heavy atom. The van der Waals surface area contributed by atoms with E-state index in [1.54, 1.807) is 18.2 Å². The van der Waals surface area contributed by atoms with Crippen LogP contribution in [0.4, 0.5) is 13.2 Å². The Morgan fingerprint density at radius 2 is 1.58 bits per heavy atom. The third-order valence-corrected chi connectivity index (χ3v) is 5.60. The molecule has 8 nitrogen and oxygen atoms in total. The summed E-state index contributed by atoms with van der Waals surface area (Å²) in [6.07, 6.45) is -9.14. The van der Waals surface area contributed by atoms with E-state index in [1.165, 1.54) is 30.1 Å². The smallest absolute Gasteiger partial charge is 0.416 e. The lowest BCUT2D eigenvalue weighted by Crippen LogP contribution is -2.50. The molecule has 2 aromatic carbocycles. The van der Waals surface area contributed by atoms with Gasteiger partial charge in [0.2, 0.25) is 0 Å². The van der Waals surface area contributed by atoms with Gasteiger partial charge in [-0.3, -0.25) is 0 Å². The minimum atomic E-state index is -4.48. The average molecular weight is 467 g/mol. The van der Waals surface area contributed by atoms with Gasteiger partial charge in [-0.25, -0.2) is 14.5 Å². The Bertz CT molecular complexity index is 1030. The van der Waals surface area contributed by atoms with E-state index in [0.717, 1.165) is 12.1 Å². The van der Waals surface area contributed by atoms with Crippen LogP contribution in [-0.4, -0.2) is 52.9 Å². The lowest BCUT2D eigenvalue weighted by molar-refractivity contribution is -0.288. The number of hydrogen-bond acceptors (Lipinski definition) is 8. The molecule has 33 heavy (non-hydrogen) atoms. The van der Waals surface area contributed by atoms with Crippen molar-refractivity contribution in [1.82, 2.24) is 4.90 Å². The predicted octanol–water partition coefficient (Wildman–Crippen LogP) is 2.09. The third kappa shape index (κ3) is 4.14. The fraction of sp³-hybridized carbons (Fsp3) is 0.364. The van der Waals surface area contributed by atoms with E-state index in [2.05, 4.69) is 0 Å². The molecule has 0 aliphatic carbocycles. The van der Waals surface area contributed by atoms with Crippen molar-refractivity contribution < 1.29 is 47.2 Å². The third-order valence-electron chi connectivity index (χ3n) is 5.60. The molecule has 1 spiro atoms. The maximum atomic E-state index is 12.9. The maximum Gasteiger partial charge on any atom is 0.416 e. The van der Waals surface area contributed by atoms with Crippen molar-refractivity contribution in [2.75, 3.05) is 13.6 Å². The number of esters is 2. The van der Waals surface area contributed by atoms with Crippen LogP contribution in [0.15, 0.2) is 48.5 Å². The van der Waals surface area contributed by atoms with Gasteiger partial charge in [-0.05, 0) is 37.4 Å². The van der Waals surface area contributed by atoms with E-state index in [9.17, 15) is 33.0 Å². The molecular formula is C22H20F3NO7. The normalized spacial score (nSPS) is 28.4. The summed E-state index contributed by atoms with van der Waals surface area (Å²) in [6.45, 7) is 0.159. The van der Waals surface area contributed by atoms with Crippen LogP contribution in [0.3, 0.4) is 0 Å². The van der Waals surface area contributed by atoms with Crippen LogP contribution in [-0.2, 0) is 31.2 Å². The van der Waals surface area contributed by atoms with Crippen molar-refractivity contribution >= 4 is 11.9 Å². The van der Waals surface area contributed by atoms with Gasteiger partial charge in [0, 0.05) is 18.5 Å². The molecule has 0 aromatic heterocycles. The van der Waals surface area contributed by atoms with Gasteiger partial charge in [0.25, 0.3) is 0 Å². The second-order valence-electron chi connectivity index (χ2n) is 7.74. The molecule has 0 bridgehead atoms. The van der Waals surface area contributed by atoms with E-state index in [1.807, 2.05) is 0 Å². The van der Waals surface area contributed by atoms with Gasteiger partial charge in [0.05, 0.1) is 11.1 Å². The second-order valence-corrected chi connectivity index (χ2v) is 7.74. The van der Waals surface area contributed by atoms with Crippen LogP contribution in [0.2, 0.25) is 0 Å². The van der Waals surface area contributed by atoms with E-state index in [-0.39, 0.29) is 24.3 Å². The SMILES string of the molecule is CN1CCC(Oc2ccc(C(F)(F)F)cc2)c2ccccc2C12OC(=O)C(O)C(O)C(=O)O2. The van der Waals surface area contributed by atoms with E-state index in [4.69, 9.17) is 14.2 Å². The molecule has 11 heteroatoms. The first-order chi connectivity index (χ1) is 15.5. The number of fused-ring (bicyclic) bond motifs is 2. The quantitative estimate of drug-likeness (QED) is 0.647. The fourth-order valence-corrected chi connectivity index (χ4v) is 3.83. The number of carbonyl (C=O) groups is 2. The van der Waals surface area contributed by atoms with E-state index < -0.39 is 47.9 Å². The molecule has 1 saturated heterocycles. The highest BCUT2D eigenvalue weighted by Crippen LogP contribution is 2.43. The summed E-state index contributed by atoms with van der Waals surface area (Å²) < 4.78 is 55.4. The standard InChI is InChI=1S/C22H20F3NO7/c1-26-11-10-16(31-13-8-6-12(7-9-13)21(23,24)25)14-4-2-3-5-15(14)22(26)32-19(29)17(27)18(28)20(30)33-22/h2-9,16-18,27-28H,10-11H2,1H3. The Morgan fingerprint density at radius 3 is 2.15 bits per heavy atom. The molecule has 4 rings (SSSR count). The summed E-state index contributed by atoms with van der Waals surface area (Å²) in [6, 6.07) is 10.7. The van der Waals surface area contributed by atoms with Gasteiger partial charge >= 0.3 is 24.0 Å². The molecule has 176 valence electrons. The molecule has 1 fully saturated rings. The largest absolute Gasteiger partial charge is 0.486 e. The second kappa shape index (κ2) is 8.32. The zero-order valence-electron chi connectivity index (χ0n) is 17.3. The molecular weight excluding hydrogens is 447 g/mol. The van der Waals surface area contributed by atoms with Gasteiger partial charge < -0.3 is 24.4 Å². The predicted molar refractivity (Wildman–Crippen MR) is 104 cm³/mol. The van der Waals surface area contributed by atoms with Crippen molar-refractivity contribution in [3.05, 3.63) is 65.2 Å². The molecule has 2 aromatic rings. The van der Waals surface area contributed by atoms with Gasteiger partial charge in [-0.2, -0.15) is 13.2 Å². The zero-order chi connectivity index (χ0) is 24.0. The Hall–Kier alpha value is -3.15. The van der Waals surface area contributed by atoms with Gasteiger partial charge in [0.15, 0.2) is 12.2 Å². The van der Waals surface area contributed by atoms with Crippen molar-refractivity contribution in [2.45, 2.75) is 36.8 Å². The Labute approximate surface area is 186 Å². The summed E-state index contributed by atoms with van der Waals surface area (Å²) in [5.41, 5.74) is -0.151. The number of halogens is 3. The minimum Gasteiger partial charge on any atom is -0.486 e. The monoisotopic (exact) mass is 467 g/mol. The maximum absolute atomic E-state index is 12.9. The molecule has 0 amide bonds. The van der Waals surface area contributed by atoms with Crippen LogP contribution < -0.4 is 4.74 Å². The van der Waals surface area contributed by atoms with Crippen molar-refractivity contribution in [2.24, 2.45) is 0 Å². The van der Waals surface area contributed by atoms with Crippen molar-refractivity contribution in [3.63, 3.8) is 0 Å². The molecule has 0 saturated carbocycles. The Kier molecular flexibility index (Phi) is 5.81. The molecule has 3 unspecified atom stereocenters. The van der Waals surface area contributed by atoms with E-state index >= 15 is 0 Å². The number of hydrogen-bond donors (Lipinski definition) is 2. The summed E-state index contributed by atoms with van der Waals surface area (Å²) in [4.78, 5) is 26.2. The molecule has 0 radical (unpaired) electrons. The van der Waals surface area contributed by atoms with Crippen LogP contribution in [0, 0.1) is 0 Å². The van der Waals surface area contributed by atoms with E-state index in [0.29, 0.717) is 5.56 Å². The molecule has 2 aliphatic heterocycles. The number of aliphatic hydroxyl groups is 2. The van der Waals surface area contributed by atoms with Crippen LogP contribution in [0.25, 0.3) is 0 Å². The number of ether oxygens (including phenoxy) is 3. The zero-order valence-corrected chi connectivity index (χ0v) is 17.3. The molecule has 2 N–H and O–H groups in total. The first-order valence-electron chi connectivity index (χ1n) is 9.99. The van der Waals surface area contributed by atoms with Crippen molar-refractivity contribution in [1.29, 1.82) is 0 Å². The van der Waals surface area contributed by atoms with Crippen LogP contribution >= 0.6 is 0 Å². The van der Waals surface area contributed by atoms with Crippen molar-refractivity contribution in [3.8, 4) is 5.75 Å². The fourth-order valence-electron chi connectivity index (χ4n) is 3.83. The van der Waals surface area contributed by atoms with Crippen LogP contribution in [0.1, 0.15) is 29.2 Å². The number of rotatable bonds is 2. The number of carbonyl (C=O) groups excluding carboxylic acids is 2. The van der Waals surface area contributed by atoms with Crippen LogP contribution in [0.5, 0.6) is 5.75 Å². The number of benzene rings is 2. The van der Waals surface area contributed by atoms with Gasteiger partial charge in [-0.1, -0.05) is 18.2 Å². The minimum absolute atomic E-state index is 0.159. The van der Waals surface area contributed by atoms with Gasteiger partial charge in [-0.15, -0.1) is 0 Å². The summed E-state index contributed by atoms with van der Waals surface area (Å²) in [5, 5.41) is 19.8. The number of nitrogens with zero attached hydrogens (tertiary/aromatic N) is 1. The summed E-state index contributed by atoms with van der Waals surface area (Å²) >= 11 is 0. The average Bonchev–Trinajstić information content (AvgIpc) is 2.94. The summed E-state index contributed by atoms with van der Waals surface area (Å²) in [7, 11) is 1.52. The highest BCUT2D eigenvalue weighted by atomic mass is 19.4. The highest BCUT2D eigenvalue weighted by molar-refractivity contribution is 5.87. The lowest BCUT2D eigenvalue weighted by Gasteiger charge is -2.37. The topological polar surface area (TPSA) is 106 Å². The molecule has 3 atom stereocenters. The summed E-state index contributed by atoms with van der Waals surface area (Å²) in [5.74, 6) is -4.40. The first-order valence-corrected chi connectivity index (χ1v) is 9.99. The number of aliphatic hydroxyl groups excluding tert-OH is 2. The highest BCUT2D eigenvalue weighted by Gasteiger charge is 2.54. The lowest BCUT2D eigenvalue weighted by atomic mass is 9.99. The molecule has 2 aliphatic rings. The number of alkyl halides is 3. The molecule has 2 heterocycles. The van der Waals surface area contributed by atoms with Gasteiger partial charge in [0.1, 0.15) is 11.9 Å². The Balaban J connectivity index is 1.73.